The van der Waals surface area contributed by atoms with E-state index in [1.807, 2.05) is 4.90 Å². The first-order valence-corrected chi connectivity index (χ1v) is 9.19. The predicted molar refractivity (Wildman–Crippen MR) is 98.5 cm³/mol. The van der Waals surface area contributed by atoms with Crippen molar-refractivity contribution >= 4 is 17.6 Å². The molecule has 10 heteroatoms. The first-order chi connectivity index (χ1) is 13.4. The van der Waals surface area contributed by atoms with Gasteiger partial charge < -0.3 is 10.0 Å². The third-order valence-electron chi connectivity index (χ3n) is 5.47. The van der Waals surface area contributed by atoms with E-state index in [4.69, 9.17) is 5.10 Å². The number of likely N-dealkylation sites (N-methyl/N-ethyl adjacent to an activating group) is 2. The summed E-state index contributed by atoms with van der Waals surface area (Å²) in [6, 6.07) is 5.15. The average Bonchev–Trinajstić information content (AvgIpc) is 3.09. The molecule has 0 bridgehead atoms. The van der Waals surface area contributed by atoms with Crippen molar-refractivity contribution < 1.29 is 19.1 Å². The SMILES string of the molecule is CN1C(=O)C2C(NC3N(CCCO)N=C(c4ccc(F)cc4)CN23)N(C)C1=O. The first-order valence-electron chi connectivity index (χ1n) is 9.19. The van der Waals surface area contributed by atoms with E-state index in [9.17, 15) is 19.1 Å². The Labute approximate surface area is 162 Å². The number of amides is 3. The van der Waals surface area contributed by atoms with Gasteiger partial charge >= 0.3 is 6.03 Å². The predicted octanol–water partition coefficient (Wildman–Crippen LogP) is -0.365. The molecule has 3 unspecified atom stereocenters. The van der Waals surface area contributed by atoms with E-state index in [0.717, 1.165) is 10.5 Å². The van der Waals surface area contributed by atoms with Gasteiger partial charge in [-0.05, 0) is 24.1 Å². The smallest absolute Gasteiger partial charge is 0.327 e. The summed E-state index contributed by atoms with van der Waals surface area (Å²) in [4.78, 5) is 29.8. The molecule has 3 aliphatic rings. The highest BCUT2D eigenvalue weighted by Gasteiger charge is 2.55. The van der Waals surface area contributed by atoms with Crippen LogP contribution in [0.4, 0.5) is 9.18 Å². The van der Waals surface area contributed by atoms with Gasteiger partial charge in [-0.1, -0.05) is 12.1 Å². The Morgan fingerprint density at radius 3 is 2.64 bits per heavy atom. The van der Waals surface area contributed by atoms with Gasteiger partial charge in [0.05, 0.1) is 5.71 Å². The molecule has 2 N–H and O–H groups in total. The highest BCUT2D eigenvalue weighted by atomic mass is 19.1. The highest BCUT2D eigenvalue weighted by Crippen LogP contribution is 2.30. The number of benzene rings is 1. The Balaban J connectivity index is 1.69. The number of carbonyl (C=O) groups excluding carboxylic acids is 2. The molecule has 2 saturated heterocycles. The fraction of sp³-hybridized carbons (Fsp3) is 0.500. The zero-order valence-electron chi connectivity index (χ0n) is 15.7. The van der Waals surface area contributed by atoms with E-state index in [1.54, 1.807) is 24.2 Å². The number of carbonyl (C=O) groups is 2. The molecule has 0 radical (unpaired) electrons. The van der Waals surface area contributed by atoms with E-state index in [2.05, 4.69) is 5.32 Å². The van der Waals surface area contributed by atoms with Crippen molar-refractivity contribution in [2.24, 2.45) is 5.10 Å². The number of aliphatic hydroxyl groups excluding tert-OH is 1. The number of nitrogens with one attached hydrogen (secondary N) is 1. The number of rotatable bonds is 4. The van der Waals surface area contributed by atoms with E-state index in [1.165, 1.54) is 24.1 Å². The lowest BCUT2D eigenvalue weighted by atomic mass is 10.1. The fourth-order valence-corrected chi connectivity index (χ4v) is 3.97. The van der Waals surface area contributed by atoms with Crippen LogP contribution in [0.1, 0.15) is 12.0 Å². The summed E-state index contributed by atoms with van der Waals surface area (Å²) >= 11 is 0. The summed E-state index contributed by atoms with van der Waals surface area (Å²) in [5, 5.41) is 19.0. The molecule has 1 aromatic carbocycles. The van der Waals surface area contributed by atoms with Gasteiger partial charge in [0.25, 0.3) is 5.91 Å². The number of hydrogen-bond donors (Lipinski definition) is 2. The molecule has 0 spiro atoms. The number of fused-ring (bicyclic) bond motifs is 3. The minimum atomic E-state index is -0.555. The third kappa shape index (κ3) is 2.93. The molecule has 9 nitrogen and oxygen atoms in total. The van der Waals surface area contributed by atoms with Crippen LogP contribution in [0.2, 0.25) is 0 Å². The van der Waals surface area contributed by atoms with E-state index in [0.29, 0.717) is 25.2 Å². The minimum Gasteiger partial charge on any atom is -0.396 e. The lowest BCUT2D eigenvalue weighted by molar-refractivity contribution is -0.137. The number of nitrogens with zero attached hydrogens (tertiary/aromatic N) is 5. The van der Waals surface area contributed by atoms with Gasteiger partial charge in [-0.3, -0.25) is 20.0 Å². The van der Waals surface area contributed by atoms with Crippen LogP contribution in [0.15, 0.2) is 29.4 Å². The Morgan fingerprint density at radius 2 is 1.96 bits per heavy atom. The van der Waals surface area contributed by atoms with Crippen LogP contribution in [-0.4, -0.2) is 94.8 Å². The van der Waals surface area contributed by atoms with Gasteiger partial charge in [-0.2, -0.15) is 5.10 Å². The van der Waals surface area contributed by atoms with Crippen molar-refractivity contribution in [2.45, 2.75) is 24.9 Å². The molecule has 150 valence electrons. The van der Waals surface area contributed by atoms with Gasteiger partial charge in [0.2, 0.25) is 0 Å². The Morgan fingerprint density at radius 1 is 1.25 bits per heavy atom. The molecule has 3 heterocycles. The largest absolute Gasteiger partial charge is 0.396 e. The molecular formula is C18H23FN6O3. The molecule has 3 aliphatic heterocycles. The number of urea groups is 1. The molecule has 1 aromatic rings. The van der Waals surface area contributed by atoms with E-state index >= 15 is 0 Å². The second-order valence-corrected chi connectivity index (χ2v) is 7.19. The maximum absolute atomic E-state index is 13.3. The number of aliphatic hydroxyl groups is 1. The second-order valence-electron chi connectivity index (χ2n) is 7.19. The summed E-state index contributed by atoms with van der Waals surface area (Å²) in [6.07, 6.45) is -0.346. The zero-order chi connectivity index (χ0) is 20.0. The lowest BCUT2D eigenvalue weighted by Crippen LogP contribution is -2.65. The van der Waals surface area contributed by atoms with Gasteiger partial charge in [-0.15, -0.1) is 0 Å². The van der Waals surface area contributed by atoms with Crippen molar-refractivity contribution in [3.63, 3.8) is 0 Å². The molecule has 4 rings (SSSR count). The minimum absolute atomic E-state index is 0.0114. The molecule has 3 atom stereocenters. The summed E-state index contributed by atoms with van der Waals surface area (Å²) in [7, 11) is 3.14. The van der Waals surface area contributed by atoms with E-state index in [-0.39, 0.29) is 30.7 Å². The van der Waals surface area contributed by atoms with Crippen molar-refractivity contribution in [1.82, 2.24) is 25.0 Å². The van der Waals surface area contributed by atoms with Gasteiger partial charge in [0, 0.05) is 33.8 Å². The first kappa shape index (κ1) is 18.8. The normalized spacial score (nSPS) is 27.8. The van der Waals surface area contributed by atoms with Crippen LogP contribution in [0.25, 0.3) is 0 Å². The van der Waals surface area contributed by atoms with Crippen LogP contribution in [-0.2, 0) is 4.79 Å². The van der Waals surface area contributed by atoms with Crippen LogP contribution in [0, 0.1) is 5.82 Å². The summed E-state index contributed by atoms with van der Waals surface area (Å²) in [6.45, 7) is 0.857. The molecule has 28 heavy (non-hydrogen) atoms. The van der Waals surface area contributed by atoms with Crippen LogP contribution in [0.3, 0.4) is 0 Å². The Kier molecular flexibility index (Phi) is 4.77. The third-order valence-corrected chi connectivity index (χ3v) is 5.47. The van der Waals surface area contributed by atoms with E-state index < -0.39 is 12.2 Å². The molecule has 3 amide bonds. The van der Waals surface area contributed by atoms with Crippen molar-refractivity contribution in [3.8, 4) is 0 Å². The Hall–Kier alpha value is -2.56. The Bertz CT molecular complexity index is 816. The maximum Gasteiger partial charge on any atom is 0.327 e. The van der Waals surface area contributed by atoms with Crippen LogP contribution >= 0.6 is 0 Å². The zero-order valence-corrected chi connectivity index (χ0v) is 15.7. The molecular weight excluding hydrogens is 367 g/mol. The highest BCUT2D eigenvalue weighted by molar-refractivity contribution is 6.04. The van der Waals surface area contributed by atoms with Gasteiger partial charge in [-0.25, -0.2) is 14.1 Å². The molecule has 0 aliphatic carbocycles. The number of hydrazone groups is 1. The number of imide groups is 1. The monoisotopic (exact) mass is 390 g/mol. The topological polar surface area (TPSA) is 91.7 Å². The number of hydrogen-bond acceptors (Lipinski definition) is 7. The average molecular weight is 390 g/mol. The van der Waals surface area contributed by atoms with Crippen LogP contribution < -0.4 is 5.32 Å². The fourth-order valence-electron chi connectivity index (χ4n) is 3.97. The standard InChI is InChI=1S/C18H23FN6O3/c1-22-15-14(16(27)23(2)18(22)28)24-10-13(11-4-6-12(19)7-5-11)21-25(8-3-9-26)17(24)20-15/h4-7,14-15,17,20,26H,3,8-10H2,1-2H3. The van der Waals surface area contributed by atoms with Crippen LogP contribution in [0.5, 0.6) is 0 Å². The van der Waals surface area contributed by atoms with Gasteiger partial charge in [0.1, 0.15) is 18.0 Å². The lowest BCUT2D eigenvalue weighted by Gasteiger charge is -2.41. The summed E-state index contributed by atoms with van der Waals surface area (Å²) in [5.74, 6) is -0.604. The van der Waals surface area contributed by atoms with Crippen molar-refractivity contribution in [2.75, 3.05) is 33.8 Å². The summed E-state index contributed by atoms with van der Waals surface area (Å²) < 4.78 is 13.3. The summed E-state index contributed by atoms with van der Waals surface area (Å²) in [5.41, 5.74) is 1.46. The second kappa shape index (κ2) is 7.12. The van der Waals surface area contributed by atoms with Crippen molar-refractivity contribution in [1.29, 1.82) is 0 Å². The van der Waals surface area contributed by atoms with Gasteiger partial charge in [0.15, 0.2) is 6.29 Å². The molecule has 0 saturated carbocycles. The van der Waals surface area contributed by atoms with Crippen molar-refractivity contribution in [3.05, 3.63) is 35.6 Å². The number of halogens is 1. The maximum atomic E-state index is 13.3. The quantitative estimate of drug-likeness (QED) is 0.729. The molecule has 0 aromatic heterocycles. The molecule has 2 fully saturated rings.